The number of nitrogens with two attached hydrogens (primary N) is 1. The minimum atomic E-state index is -0.216. The summed E-state index contributed by atoms with van der Waals surface area (Å²) in [7, 11) is 0. The fourth-order valence-corrected chi connectivity index (χ4v) is 4.96. The number of hydrogen-bond acceptors (Lipinski definition) is 4. The molecule has 2 heterocycles. The number of primary amides is 1. The van der Waals surface area contributed by atoms with E-state index < -0.39 is 0 Å². The maximum Gasteiger partial charge on any atom is 0.259 e. The van der Waals surface area contributed by atoms with E-state index in [0.717, 1.165) is 67.0 Å². The molecule has 2 amide bonds. The number of aryl methyl sites for hydroxylation is 1. The van der Waals surface area contributed by atoms with Crippen LogP contribution in [0.15, 0.2) is 48.7 Å². The highest BCUT2D eigenvalue weighted by atomic mass is 35.5. The van der Waals surface area contributed by atoms with Crippen molar-refractivity contribution in [3.8, 4) is 5.69 Å². The van der Waals surface area contributed by atoms with Gasteiger partial charge in [0.05, 0.1) is 29.1 Å². The van der Waals surface area contributed by atoms with Gasteiger partial charge in [-0.3, -0.25) is 14.5 Å². The molecule has 3 aromatic rings. The van der Waals surface area contributed by atoms with Crippen LogP contribution < -0.4 is 11.1 Å². The second kappa shape index (κ2) is 9.84. The first kappa shape index (κ1) is 23.6. The Kier molecular flexibility index (Phi) is 6.62. The lowest BCUT2D eigenvalue weighted by atomic mass is 9.97. The molecule has 2 fully saturated rings. The molecule has 1 unspecified atom stereocenters. The number of hydrogen-bond donors (Lipinski definition) is 2. The van der Waals surface area contributed by atoms with Crippen LogP contribution in [0.25, 0.3) is 5.69 Å². The van der Waals surface area contributed by atoms with Crippen LogP contribution in [-0.2, 0) is 11.3 Å². The average molecular weight is 492 g/mol. The molecular formula is C27H30ClN5O2. The number of amides is 2. The minimum absolute atomic E-state index is 0.0696. The Bertz CT molecular complexity index is 1250. The van der Waals surface area contributed by atoms with Gasteiger partial charge in [0, 0.05) is 29.7 Å². The van der Waals surface area contributed by atoms with E-state index in [2.05, 4.69) is 15.3 Å². The van der Waals surface area contributed by atoms with Crippen molar-refractivity contribution in [1.82, 2.24) is 14.7 Å². The summed E-state index contributed by atoms with van der Waals surface area (Å²) < 4.78 is 1.85. The van der Waals surface area contributed by atoms with Gasteiger partial charge in [-0.1, -0.05) is 29.8 Å². The summed E-state index contributed by atoms with van der Waals surface area (Å²) in [6.07, 6.45) is 5.60. The number of nitrogens with zero attached hydrogens (tertiary/aromatic N) is 3. The van der Waals surface area contributed by atoms with Crippen LogP contribution >= 0.6 is 11.6 Å². The molecule has 0 spiro atoms. The monoisotopic (exact) mass is 491 g/mol. The lowest BCUT2D eigenvalue weighted by molar-refractivity contribution is -0.123. The van der Waals surface area contributed by atoms with Gasteiger partial charge >= 0.3 is 0 Å². The first-order valence-electron chi connectivity index (χ1n) is 12.2. The molecule has 1 aliphatic heterocycles. The zero-order chi connectivity index (χ0) is 24.5. The Labute approximate surface area is 210 Å². The third-order valence-corrected chi connectivity index (χ3v) is 7.35. The Hall–Kier alpha value is -3.16. The Morgan fingerprint density at radius 2 is 1.91 bits per heavy atom. The predicted molar refractivity (Wildman–Crippen MR) is 137 cm³/mol. The molecule has 8 heteroatoms. The van der Waals surface area contributed by atoms with E-state index in [9.17, 15) is 9.59 Å². The number of rotatable bonds is 7. The fourth-order valence-electron chi connectivity index (χ4n) is 4.78. The van der Waals surface area contributed by atoms with Crippen LogP contribution in [0, 0.1) is 12.8 Å². The van der Waals surface area contributed by atoms with Crippen LogP contribution in [0.5, 0.6) is 0 Å². The first-order valence-corrected chi connectivity index (χ1v) is 12.5. The summed E-state index contributed by atoms with van der Waals surface area (Å²) in [6.45, 7) is 4.39. The number of halogens is 1. The smallest absolute Gasteiger partial charge is 0.259 e. The average Bonchev–Trinajstić information content (AvgIpc) is 3.59. The number of carbonyl (C=O) groups excluding carboxylic acids is 2. The SMILES string of the molecule is Cc1ccc(-n2ncc(C(=O)Nc3ccc(CN4CCCC(C(N)=O)C4)cc3)c2C2CC2)cc1Cl. The molecule has 1 saturated carbocycles. The van der Waals surface area contributed by atoms with E-state index in [0.29, 0.717) is 23.0 Å². The van der Waals surface area contributed by atoms with Crippen LogP contribution in [0.4, 0.5) is 5.69 Å². The van der Waals surface area contributed by atoms with Gasteiger partial charge in [0.15, 0.2) is 0 Å². The summed E-state index contributed by atoms with van der Waals surface area (Å²) in [5.41, 5.74) is 10.8. The van der Waals surface area contributed by atoms with Gasteiger partial charge in [0.1, 0.15) is 0 Å². The molecule has 1 atom stereocenters. The maximum atomic E-state index is 13.2. The Morgan fingerprint density at radius 1 is 1.14 bits per heavy atom. The van der Waals surface area contributed by atoms with E-state index in [1.165, 1.54) is 0 Å². The number of likely N-dealkylation sites (tertiary alicyclic amines) is 1. The minimum Gasteiger partial charge on any atom is -0.369 e. The van der Waals surface area contributed by atoms with E-state index in [1.807, 2.05) is 54.1 Å². The van der Waals surface area contributed by atoms with Crippen molar-refractivity contribution in [2.24, 2.45) is 11.7 Å². The van der Waals surface area contributed by atoms with Gasteiger partial charge in [-0.05, 0) is 74.5 Å². The molecular weight excluding hydrogens is 462 g/mol. The number of carbonyl (C=O) groups is 2. The first-order chi connectivity index (χ1) is 16.9. The van der Waals surface area contributed by atoms with Crippen molar-refractivity contribution in [2.45, 2.75) is 45.1 Å². The number of nitrogens with one attached hydrogen (secondary N) is 1. The highest BCUT2D eigenvalue weighted by molar-refractivity contribution is 6.31. The van der Waals surface area contributed by atoms with Crippen molar-refractivity contribution in [1.29, 1.82) is 0 Å². The molecule has 182 valence electrons. The fraction of sp³-hybridized carbons (Fsp3) is 0.370. The number of aromatic nitrogens is 2. The Balaban J connectivity index is 1.28. The van der Waals surface area contributed by atoms with Crippen molar-refractivity contribution in [3.05, 3.63) is 76.1 Å². The Morgan fingerprint density at radius 3 is 2.60 bits per heavy atom. The molecule has 3 N–H and O–H groups in total. The molecule has 7 nitrogen and oxygen atoms in total. The quantitative estimate of drug-likeness (QED) is 0.502. The maximum absolute atomic E-state index is 13.2. The van der Waals surface area contributed by atoms with E-state index in [1.54, 1.807) is 6.20 Å². The highest BCUT2D eigenvalue weighted by Gasteiger charge is 2.33. The van der Waals surface area contributed by atoms with Gasteiger partial charge in [-0.15, -0.1) is 0 Å². The molecule has 0 bridgehead atoms. The van der Waals surface area contributed by atoms with Gasteiger partial charge in [0.2, 0.25) is 5.91 Å². The topological polar surface area (TPSA) is 93.2 Å². The largest absolute Gasteiger partial charge is 0.369 e. The second-order valence-corrected chi connectivity index (χ2v) is 10.1. The highest BCUT2D eigenvalue weighted by Crippen LogP contribution is 2.42. The molecule has 35 heavy (non-hydrogen) atoms. The van der Waals surface area contributed by atoms with E-state index in [4.69, 9.17) is 17.3 Å². The van der Waals surface area contributed by atoms with Crippen molar-refractivity contribution >= 4 is 29.1 Å². The van der Waals surface area contributed by atoms with Crippen LogP contribution in [-0.4, -0.2) is 39.6 Å². The summed E-state index contributed by atoms with van der Waals surface area (Å²) in [4.78, 5) is 27.0. The van der Waals surface area contributed by atoms with Crippen LogP contribution in [0.3, 0.4) is 0 Å². The lowest BCUT2D eigenvalue weighted by Crippen LogP contribution is -2.40. The predicted octanol–water partition coefficient (Wildman–Crippen LogP) is 4.66. The zero-order valence-electron chi connectivity index (χ0n) is 19.8. The van der Waals surface area contributed by atoms with E-state index >= 15 is 0 Å². The number of piperidine rings is 1. The molecule has 2 aromatic carbocycles. The summed E-state index contributed by atoms with van der Waals surface area (Å²) in [5, 5.41) is 8.24. The van der Waals surface area contributed by atoms with Gasteiger partial charge in [0.25, 0.3) is 5.91 Å². The van der Waals surface area contributed by atoms with Crippen LogP contribution in [0.1, 0.15) is 58.8 Å². The van der Waals surface area contributed by atoms with Crippen molar-refractivity contribution in [3.63, 3.8) is 0 Å². The number of benzene rings is 2. The standard InChI is InChI=1S/C27H30ClN5O2/c1-17-4-11-22(13-24(17)28)33-25(19-7-8-19)23(14-30-33)27(35)31-21-9-5-18(6-10-21)15-32-12-2-3-20(16-32)26(29)34/h4-6,9-11,13-14,19-20H,2-3,7-8,12,15-16H2,1H3,(H2,29,34)(H,31,35). The molecule has 5 rings (SSSR count). The molecule has 1 aromatic heterocycles. The van der Waals surface area contributed by atoms with Crippen LogP contribution in [0.2, 0.25) is 5.02 Å². The van der Waals surface area contributed by atoms with Gasteiger partial charge < -0.3 is 11.1 Å². The lowest BCUT2D eigenvalue weighted by Gasteiger charge is -2.31. The molecule has 2 aliphatic rings. The van der Waals surface area contributed by atoms with Gasteiger partial charge in [-0.2, -0.15) is 5.10 Å². The van der Waals surface area contributed by atoms with E-state index in [-0.39, 0.29) is 17.7 Å². The van der Waals surface area contributed by atoms with Crippen molar-refractivity contribution in [2.75, 3.05) is 18.4 Å². The second-order valence-electron chi connectivity index (χ2n) is 9.69. The normalized spacial score (nSPS) is 18.4. The molecule has 0 radical (unpaired) electrons. The summed E-state index contributed by atoms with van der Waals surface area (Å²) in [5.74, 6) is -0.120. The molecule has 1 saturated heterocycles. The summed E-state index contributed by atoms with van der Waals surface area (Å²) in [6, 6.07) is 13.7. The third kappa shape index (κ3) is 5.26. The third-order valence-electron chi connectivity index (χ3n) is 6.94. The van der Waals surface area contributed by atoms with Gasteiger partial charge in [-0.25, -0.2) is 4.68 Å². The summed E-state index contributed by atoms with van der Waals surface area (Å²) >= 11 is 6.34. The molecule has 1 aliphatic carbocycles. The van der Waals surface area contributed by atoms with Crippen molar-refractivity contribution < 1.29 is 9.59 Å². The number of anilines is 1. The zero-order valence-corrected chi connectivity index (χ0v) is 20.6.